The van der Waals surface area contributed by atoms with Crippen molar-refractivity contribution in [3.63, 3.8) is 0 Å². The Hall–Kier alpha value is -2.96. The number of pyridine rings is 1. The average molecular weight is 284 g/mol. The third kappa shape index (κ3) is 2.53. The van der Waals surface area contributed by atoms with Gasteiger partial charge in [0.1, 0.15) is 11.5 Å². The molecule has 1 aliphatic heterocycles. The molecule has 0 bridgehead atoms. The Morgan fingerprint density at radius 1 is 1.19 bits per heavy atom. The molecule has 104 valence electrons. The number of anilines is 1. The summed E-state index contributed by atoms with van der Waals surface area (Å²) >= 11 is 0. The molecule has 0 spiro atoms. The number of amides is 3. The van der Waals surface area contributed by atoms with Gasteiger partial charge in [0.25, 0.3) is 5.91 Å². The van der Waals surface area contributed by atoms with E-state index in [1.54, 1.807) is 19.1 Å². The van der Waals surface area contributed by atoms with Crippen molar-refractivity contribution in [1.82, 2.24) is 4.98 Å². The molecular formula is C14H9FN4O2. The van der Waals surface area contributed by atoms with Gasteiger partial charge in [0.2, 0.25) is 0 Å². The summed E-state index contributed by atoms with van der Waals surface area (Å²) in [5.41, 5.74) is 0.895. The predicted molar refractivity (Wildman–Crippen MR) is 71.0 cm³/mol. The van der Waals surface area contributed by atoms with Crippen molar-refractivity contribution in [2.24, 2.45) is 9.98 Å². The average Bonchev–Trinajstić information content (AvgIpc) is 2.81. The molecule has 1 N–H and O–H groups in total. The molecule has 6 nitrogen and oxygen atoms in total. The zero-order valence-corrected chi connectivity index (χ0v) is 10.9. The van der Waals surface area contributed by atoms with E-state index in [-0.39, 0.29) is 5.69 Å². The van der Waals surface area contributed by atoms with Gasteiger partial charge in [-0.2, -0.15) is 9.98 Å². The van der Waals surface area contributed by atoms with Crippen LogP contribution in [0, 0.1) is 12.7 Å². The van der Waals surface area contributed by atoms with E-state index >= 15 is 0 Å². The second-order valence-electron chi connectivity index (χ2n) is 4.48. The molecule has 0 aliphatic carbocycles. The van der Waals surface area contributed by atoms with Gasteiger partial charge >= 0.3 is 6.03 Å². The molecule has 1 aromatic heterocycles. The van der Waals surface area contributed by atoms with Crippen molar-refractivity contribution in [3.05, 3.63) is 58.3 Å². The summed E-state index contributed by atoms with van der Waals surface area (Å²) in [4.78, 5) is 34.2. The lowest BCUT2D eigenvalue weighted by Gasteiger charge is -2.05. The number of rotatable bonds is 2. The number of nitrogens with zero attached hydrogens (tertiary/aromatic N) is 3. The molecule has 1 aliphatic rings. The van der Waals surface area contributed by atoms with E-state index in [0.717, 1.165) is 6.20 Å². The molecular weight excluding hydrogens is 275 g/mol. The molecule has 0 saturated heterocycles. The van der Waals surface area contributed by atoms with Crippen LogP contribution < -0.4 is 16.0 Å². The minimum Gasteiger partial charge on any atom is -0.321 e. The predicted octanol–water partition coefficient (Wildman–Crippen LogP) is 1.15. The van der Waals surface area contributed by atoms with E-state index in [0.29, 0.717) is 22.0 Å². The van der Waals surface area contributed by atoms with Crippen LogP contribution >= 0.6 is 0 Å². The number of carbonyl (C=O) groups is 2. The maximum Gasteiger partial charge on any atom is 0.368 e. The molecule has 0 radical (unpaired) electrons. The molecule has 0 atom stereocenters. The number of hydrogen-bond donors (Lipinski definition) is 1. The van der Waals surface area contributed by atoms with Gasteiger partial charge in [0.15, 0.2) is 0 Å². The highest BCUT2D eigenvalue weighted by molar-refractivity contribution is 6.02. The zero-order chi connectivity index (χ0) is 15.0. The standard InChI is InChI=1S/C14H9FN4O2/c1-7-4-12(16-6-9(7)15)13(20)17-8-2-3-10-11(5-8)19-14(21)18-10/h2-6H,1H3,(H,17,20). The molecule has 7 heteroatoms. The third-order valence-corrected chi connectivity index (χ3v) is 2.95. The van der Waals surface area contributed by atoms with Crippen molar-refractivity contribution in [3.8, 4) is 0 Å². The Morgan fingerprint density at radius 3 is 2.71 bits per heavy atom. The minimum absolute atomic E-state index is 0.104. The van der Waals surface area contributed by atoms with Gasteiger partial charge in [-0.15, -0.1) is 0 Å². The van der Waals surface area contributed by atoms with Crippen LogP contribution in [0.3, 0.4) is 0 Å². The highest BCUT2D eigenvalue weighted by Crippen LogP contribution is 2.09. The number of urea groups is 1. The van der Waals surface area contributed by atoms with Crippen LogP contribution in [0.1, 0.15) is 16.1 Å². The first-order valence-electron chi connectivity index (χ1n) is 6.08. The third-order valence-electron chi connectivity index (χ3n) is 2.95. The highest BCUT2D eigenvalue weighted by Gasteiger charge is 2.11. The van der Waals surface area contributed by atoms with Crippen LogP contribution in [-0.4, -0.2) is 16.9 Å². The van der Waals surface area contributed by atoms with Gasteiger partial charge < -0.3 is 5.32 Å². The smallest absolute Gasteiger partial charge is 0.321 e. The van der Waals surface area contributed by atoms with E-state index < -0.39 is 17.8 Å². The molecule has 21 heavy (non-hydrogen) atoms. The lowest BCUT2D eigenvalue weighted by Crippen LogP contribution is -2.23. The van der Waals surface area contributed by atoms with Crippen LogP contribution in [0.5, 0.6) is 0 Å². The van der Waals surface area contributed by atoms with Gasteiger partial charge in [-0.05, 0) is 36.8 Å². The first kappa shape index (κ1) is 13.0. The number of nitrogens with one attached hydrogen (secondary N) is 1. The first-order valence-corrected chi connectivity index (χ1v) is 6.08. The second kappa shape index (κ2) is 4.86. The van der Waals surface area contributed by atoms with Crippen LogP contribution in [0.2, 0.25) is 0 Å². The fraction of sp³-hybridized carbons (Fsp3) is 0.0714. The van der Waals surface area contributed by atoms with Crippen molar-refractivity contribution >= 4 is 17.6 Å². The quantitative estimate of drug-likeness (QED) is 0.898. The van der Waals surface area contributed by atoms with Gasteiger partial charge in [0, 0.05) is 5.69 Å². The molecule has 2 aromatic rings. The van der Waals surface area contributed by atoms with Crippen molar-refractivity contribution < 1.29 is 14.0 Å². The number of fused-ring (bicyclic) bond motifs is 1. The number of aromatic nitrogens is 1. The molecule has 3 rings (SSSR count). The number of halogens is 1. The summed E-state index contributed by atoms with van der Waals surface area (Å²) in [5, 5.41) is 3.48. The maximum absolute atomic E-state index is 13.1. The lowest BCUT2D eigenvalue weighted by molar-refractivity contribution is 0.102. The second-order valence-corrected chi connectivity index (χ2v) is 4.48. The minimum atomic E-state index is -0.565. The number of hydrogen-bond acceptors (Lipinski definition) is 3. The fourth-order valence-corrected chi connectivity index (χ4v) is 1.87. The van der Waals surface area contributed by atoms with Gasteiger partial charge in [-0.1, -0.05) is 0 Å². The van der Waals surface area contributed by atoms with Crippen LogP contribution in [-0.2, 0) is 0 Å². The number of benzene rings is 1. The van der Waals surface area contributed by atoms with Crippen LogP contribution in [0.15, 0.2) is 40.4 Å². The van der Waals surface area contributed by atoms with Gasteiger partial charge in [0.05, 0.1) is 16.9 Å². The van der Waals surface area contributed by atoms with E-state index in [2.05, 4.69) is 20.3 Å². The molecule has 1 aromatic carbocycles. The Bertz CT molecular complexity index is 892. The molecule has 2 heterocycles. The topological polar surface area (TPSA) is 83.8 Å². The van der Waals surface area contributed by atoms with Crippen molar-refractivity contribution in [1.29, 1.82) is 0 Å². The van der Waals surface area contributed by atoms with Crippen molar-refractivity contribution in [2.75, 3.05) is 5.32 Å². The first-order chi connectivity index (χ1) is 10.0. The normalized spacial score (nSPS) is 12.4. The summed E-state index contributed by atoms with van der Waals surface area (Å²) in [6.45, 7) is 1.55. The Morgan fingerprint density at radius 2 is 1.95 bits per heavy atom. The monoisotopic (exact) mass is 284 g/mol. The summed E-state index contributed by atoms with van der Waals surface area (Å²) in [5.74, 6) is -0.942. The summed E-state index contributed by atoms with van der Waals surface area (Å²) in [6, 6.07) is 5.52. The van der Waals surface area contributed by atoms with E-state index in [4.69, 9.17) is 0 Å². The largest absolute Gasteiger partial charge is 0.368 e. The molecule has 0 fully saturated rings. The Balaban J connectivity index is 1.88. The molecule has 0 unspecified atom stereocenters. The van der Waals surface area contributed by atoms with E-state index in [1.807, 2.05) is 0 Å². The van der Waals surface area contributed by atoms with Crippen LogP contribution in [0.4, 0.5) is 14.9 Å². The summed E-state index contributed by atoms with van der Waals surface area (Å²) in [6.07, 6.45) is 1.000. The number of carbonyl (C=O) groups excluding carboxylic acids is 2. The number of aryl methyl sites for hydroxylation is 1. The Kier molecular flexibility index (Phi) is 3.02. The Labute approximate surface area is 118 Å². The van der Waals surface area contributed by atoms with Gasteiger partial charge in [-0.3, -0.25) is 4.79 Å². The SMILES string of the molecule is Cc1cc(C(=O)Nc2ccc3c(c2)=NC(=O)N=3)ncc1F. The van der Waals surface area contributed by atoms with Crippen LogP contribution in [0.25, 0.3) is 0 Å². The lowest BCUT2D eigenvalue weighted by atomic mass is 10.2. The molecule has 3 amide bonds. The highest BCUT2D eigenvalue weighted by atomic mass is 19.1. The van der Waals surface area contributed by atoms with E-state index in [9.17, 15) is 14.0 Å². The van der Waals surface area contributed by atoms with E-state index in [1.165, 1.54) is 12.1 Å². The maximum atomic E-state index is 13.1. The fourth-order valence-electron chi connectivity index (χ4n) is 1.87. The summed E-state index contributed by atoms with van der Waals surface area (Å²) < 4.78 is 13.1. The zero-order valence-electron chi connectivity index (χ0n) is 10.9. The summed E-state index contributed by atoms with van der Waals surface area (Å²) in [7, 11) is 0. The van der Waals surface area contributed by atoms with Crippen molar-refractivity contribution in [2.45, 2.75) is 6.92 Å². The van der Waals surface area contributed by atoms with Gasteiger partial charge in [-0.25, -0.2) is 14.2 Å². The molecule has 0 saturated carbocycles.